The minimum absolute atomic E-state index is 0.466. The van der Waals surface area contributed by atoms with Crippen LogP contribution in [0.5, 0.6) is 11.5 Å². The number of fused-ring (bicyclic) bond motifs is 2. The lowest BCUT2D eigenvalue weighted by atomic mass is 10.1. The summed E-state index contributed by atoms with van der Waals surface area (Å²) in [4.78, 5) is 7.56. The van der Waals surface area contributed by atoms with E-state index in [1.54, 1.807) is 0 Å². The van der Waals surface area contributed by atoms with E-state index in [1.165, 1.54) is 0 Å². The number of imidazole rings is 1. The molecule has 0 spiro atoms. The highest BCUT2D eigenvalue weighted by molar-refractivity contribution is 5.82. The van der Waals surface area contributed by atoms with Gasteiger partial charge < -0.3 is 9.47 Å². The summed E-state index contributed by atoms with van der Waals surface area (Å²) in [6.45, 7) is 3.69. The van der Waals surface area contributed by atoms with E-state index in [2.05, 4.69) is 45.8 Å². The summed E-state index contributed by atoms with van der Waals surface area (Å²) in [5.74, 6) is 2.51. The number of aryl methyl sites for hydroxylation is 1. The molecule has 0 atom stereocenters. The monoisotopic (exact) mass is 349 g/mol. The lowest BCUT2D eigenvalue weighted by Gasteiger charge is -2.18. The first-order chi connectivity index (χ1) is 12.8. The van der Waals surface area contributed by atoms with E-state index >= 15 is 0 Å². The fourth-order valence-corrected chi connectivity index (χ4v) is 3.22. The summed E-state index contributed by atoms with van der Waals surface area (Å²) < 4.78 is 13.6. The second kappa shape index (κ2) is 6.98. The van der Waals surface area contributed by atoms with Crippen LogP contribution in [0.3, 0.4) is 0 Å². The first-order valence-corrected chi connectivity index (χ1v) is 8.71. The highest BCUT2D eigenvalue weighted by atomic mass is 16.6. The number of rotatable bonds is 5. The number of ether oxygens (including phenoxy) is 2. The van der Waals surface area contributed by atoms with Crippen molar-refractivity contribution in [1.29, 1.82) is 0 Å². The molecule has 0 amide bonds. The molecule has 0 aliphatic carbocycles. The smallest absolute Gasteiger partial charge is 0.163 e. The van der Waals surface area contributed by atoms with Crippen LogP contribution in [0.4, 0.5) is 0 Å². The maximum Gasteiger partial charge on any atom is 0.163 e. The van der Waals surface area contributed by atoms with Crippen LogP contribution in [0, 0.1) is 0 Å². The topological polar surface area (TPSA) is 85.0 Å². The number of aromatic nitrogens is 2. The largest absolute Gasteiger partial charge is 0.486 e. The minimum Gasteiger partial charge on any atom is -0.486 e. The Morgan fingerprint density at radius 1 is 1.15 bits per heavy atom. The fourth-order valence-electron chi connectivity index (χ4n) is 3.22. The Morgan fingerprint density at radius 2 is 1.88 bits per heavy atom. The van der Waals surface area contributed by atoms with Crippen molar-refractivity contribution in [1.82, 2.24) is 9.55 Å². The molecular weight excluding hydrogens is 330 g/mol. The molecule has 4 rings (SSSR count). The normalized spacial score (nSPS) is 12.8. The Bertz CT molecular complexity index is 987. The number of hydrogen-bond acceptors (Lipinski definition) is 4. The Hall–Kier alpha value is -3.18. The maximum absolute atomic E-state index is 8.38. The molecule has 3 aromatic rings. The molecule has 7 nitrogen and oxygen atoms in total. The molecule has 1 aliphatic heterocycles. The molecule has 0 fully saturated rings. The molecule has 0 unspecified atom stereocenters. The molecule has 26 heavy (non-hydrogen) atoms. The number of hydrogen-bond donors (Lipinski definition) is 0. The molecule has 2 heterocycles. The van der Waals surface area contributed by atoms with Crippen LogP contribution in [0.2, 0.25) is 0 Å². The summed E-state index contributed by atoms with van der Waals surface area (Å²) >= 11 is 0. The van der Waals surface area contributed by atoms with E-state index in [0.29, 0.717) is 19.8 Å². The molecule has 0 bridgehead atoms. The molecular formula is C19H19N5O2. The van der Waals surface area contributed by atoms with Gasteiger partial charge in [0.2, 0.25) is 0 Å². The van der Waals surface area contributed by atoms with Crippen molar-refractivity contribution in [3.8, 4) is 17.2 Å². The summed E-state index contributed by atoms with van der Waals surface area (Å²) in [5, 5.41) is 3.59. The van der Waals surface area contributed by atoms with Crippen LogP contribution in [0.15, 0.2) is 41.5 Å². The lowest BCUT2D eigenvalue weighted by Crippen LogP contribution is -2.15. The first-order valence-electron chi connectivity index (χ1n) is 8.71. The zero-order valence-corrected chi connectivity index (χ0v) is 14.6. The van der Waals surface area contributed by atoms with E-state index in [9.17, 15) is 0 Å². The number of azide groups is 1. The van der Waals surface area contributed by atoms with Gasteiger partial charge in [-0.2, -0.15) is 0 Å². The third-order valence-corrected chi connectivity index (χ3v) is 4.46. The van der Waals surface area contributed by atoms with Gasteiger partial charge in [0.25, 0.3) is 0 Å². The number of benzene rings is 2. The molecule has 7 heteroatoms. The molecule has 132 valence electrons. The van der Waals surface area contributed by atoms with Gasteiger partial charge in [-0.1, -0.05) is 24.2 Å². The zero-order valence-electron chi connectivity index (χ0n) is 14.6. The van der Waals surface area contributed by atoms with E-state index in [-0.39, 0.29) is 0 Å². The zero-order chi connectivity index (χ0) is 17.9. The first kappa shape index (κ1) is 16.3. The molecule has 0 radical (unpaired) electrons. The third kappa shape index (κ3) is 2.93. The van der Waals surface area contributed by atoms with E-state index in [0.717, 1.165) is 52.4 Å². The van der Waals surface area contributed by atoms with Gasteiger partial charge in [0.15, 0.2) is 11.5 Å². The average Bonchev–Trinajstić information content (AvgIpc) is 3.04. The number of nitrogens with zero attached hydrogens (tertiary/aromatic N) is 5. The van der Waals surface area contributed by atoms with Crippen LogP contribution in [-0.4, -0.2) is 29.3 Å². The van der Waals surface area contributed by atoms with Gasteiger partial charge in [0, 0.05) is 35.7 Å². The van der Waals surface area contributed by atoms with Crippen LogP contribution < -0.4 is 9.47 Å². The van der Waals surface area contributed by atoms with E-state index in [4.69, 9.17) is 20.0 Å². The van der Waals surface area contributed by atoms with Crippen molar-refractivity contribution >= 4 is 11.0 Å². The predicted octanol–water partition coefficient (Wildman–Crippen LogP) is 4.21. The van der Waals surface area contributed by atoms with Gasteiger partial charge >= 0.3 is 0 Å². The van der Waals surface area contributed by atoms with Crippen LogP contribution >= 0.6 is 0 Å². The van der Waals surface area contributed by atoms with Gasteiger partial charge in [0.1, 0.15) is 19.0 Å². The van der Waals surface area contributed by atoms with Crippen molar-refractivity contribution in [3.63, 3.8) is 0 Å². The van der Waals surface area contributed by atoms with Gasteiger partial charge in [0.05, 0.1) is 11.0 Å². The van der Waals surface area contributed by atoms with Crippen LogP contribution in [0.1, 0.15) is 18.3 Å². The quantitative estimate of drug-likeness (QED) is 0.393. The molecule has 1 aliphatic rings. The molecule has 0 saturated heterocycles. The summed E-state index contributed by atoms with van der Waals surface area (Å²) in [7, 11) is 0. The standard InChI is InChI=1S/C19H19N5O2/c1-2-19-22-15-11-17-18(26-10-9-25-17)12-16(15)24(19)14-5-3-13(4-6-14)7-8-21-23-20/h3-6,11-12H,2,7-10H2,1H3. The molecule has 2 aromatic carbocycles. The van der Waals surface area contributed by atoms with E-state index < -0.39 is 0 Å². The Morgan fingerprint density at radius 3 is 2.58 bits per heavy atom. The molecule has 0 N–H and O–H groups in total. The van der Waals surface area contributed by atoms with E-state index in [1.807, 2.05) is 12.1 Å². The second-order valence-electron chi connectivity index (χ2n) is 6.07. The fraction of sp³-hybridized carbons (Fsp3) is 0.316. The minimum atomic E-state index is 0.466. The van der Waals surface area contributed by atoms with Crippen molar-refractivity contribution < 1.29 is 9.47 Å². The lowest BCUT2D eigenvalue weighted by molar-refractivity contribution is 0.172. The Balaban J connectivity index is 1.76. The second-order valence-corrected chi connectivity index (χ2v) is 6.07. The SMILES string of the molecule is CCc1nc2cc3c(cc2n1-c1ccc(CCN=[N+]=[N-])cc1)OCCO3. The Kier molecular flexibility index (Phi) is 4.37. The van der Waals surface area contributed by atoms with Crippen LogP contribution in [0.25, 0.3) is 27.2 Å². The van der Waals surface area contributed by atoms with Crippen LogP contribution in [-0.2, 0) is 12.8 Å². The highest BCUT2D eigenvalue weighted by Crippen LogP contribution is 2.35. The Labute approximate surface area is 150 Å². The van der Waals surface area contributed by atoms with Gasteiger partial charge in [-0.25, -0.2) is 4.98 Å². The summed E-state index contributed by atoms with van der Waals surface area (Å²) in [6.07, 6.45) is 1.55. The van der Waals surface area contributed by atoms with Gasteiger partial charge in [-0.3, -0.25) is 4.57 Å². The molecule has 0 saturated carbocycles. The summed E-state index contributed by atoms with van der Waals surface area (Å²) in [6, 6.07) is 12.2. The third-order valence-electron chi connectivity index (χ3n) is 4.46. The van der Waals surface area contributed by atoms with Crippen molar-refractivity contribution in [2.75, 3.05) is 19.8 Å². The predicted molar refractivity (Wildman–Crippen MR) is 99.2 cm³/mol. The van der Waals surface area contributed by atoms with Gasteiger partial charge in [-0.05, 0) is 29.6 Å². The molecule has 1 aromatic heterocycles. The highest BCUT2D eigenvalue weighted by Gasteiger charge is 2.18. The van der Waals surface area contributed by atoms with Gasteiger partial charge in [-0.15, -0.1) is 0 Å². The van der Waals surface area contributed by atoms with Crippen molar-refractivity contribution in [2.45, 2.75) is 19.8 Å². The van der Waals surface area contributed by atoms with Crippen molar-refractivity contribution in [2.24, 2.45) is 5.11 Å². The summed E-state index contributed by atoms with van der Waals surface area (Å²) in [5.41, 5.74) is 12.5. The van der Waals surface area contributed by atoms with Crippen molar-refractivity contribution in [3.05, 3.63) is 58.2 Å². The maximum atomic E-state index is 8.38. The average molecular weight is 349 g/mol.